The number of amides is 1. The Morgan fingerprint density at radius 2 is 2.00 bits per heavy atom. The minimum absolute atomic E-state index is 0.0461. The van der Waals surface area contributed by atoms with Crippen molar-refractivity contribution in [3.05, 3.63) is 35.9 Å². The number of aliphatic hydroxyl groups excluding tert-OH is 1. The normalized spacial score (nSPS) is 21.9. The Kier molecular flexibility index (Phi) is 4.70. The van der Waals surface area contributed by atoms with Crippen LogP contribution in [0, 0.1) is 0 Å². The zero-order chi connectivity index (χ0) is 14.5. The Bertz CT molecular complexity index is 476. The van der Waals surface area contributed by atoms with E-state index in [1.807, 2.05) is 30.3 Å². The van der Waals surface area contributed by atoms with Crippen LogP contribution in [0.2, 0.25) is 0 Å². The molecule has 0 spiro atoms. The van der Waals surface area contributed by atoms with Crippen LogP contribution in [0.3, 0.4) is 0 Å². The van der Waals surface area contributed by atoms with Crippen molar-refractivity contribution in [2.75, 3.05) is 13.2 Å². The number of hydrogen-bond acceptors (Lipinski definition) is 4. The van der Waals surface area contributed by atoms with Gasteiger partial charge in [0.15, 0.2) is 0 Å². The maximum Gasteiger partial charge on any atom is 0.326 e. The highest BCUT2D eigenvalue weighted by Gasteiger charge is 2.38. The van der Waals surface area contributed by atoms with Gasteiger partial charge in [-0.25, -0.2) is 4.79 Å². The first kappa shape index (κ1) is 14.5. The van der Waals surface area contributed by atoms with Gasteiger partial charge >= 0.3 is 5.97 Å². The molecule has 1 amide bonds. The summed E-state index contributed by atoms with van der Waals surface area (Å²) in [5, 5.41) is 18.5. The number of benzene rings is 1. The Morgan fingerprint density at radius 3 is 2.65 bits per heavy atom. The molecule has 1 aliphatic rings. The highest BCUT2D eigenvalue weighted by molar-refractivity contribution is 5.85. The van der Waals surface area contributed by atoms with Crippen LogP contribution in [0.15, 0.2) is 30.3 Å². The third kappa shape index (κ3) is 3.55. The van der Waals surface area contributed by atoms with E-state index in [0.717, 1.165) is 10.5 Å². The molecule has 0 radical (unpaired) electrons. The van der Waals surface area contributed by atoms with E-state index < -0.39 is 24.0 Å². The predicted molar refractivity (Wildman–Crippen MR) is 69.9 cm³/mol. The van der Waals surface area contributed by atoms with E-state index >= 15 is 0 Å². The van der Waals surface area contributed by atoms with Gasteiger partial charge in [0.2, 0.25) is 5.91 Å². The third-order valence-corrected chi connectivity index (χ3v) is 3.22. The van der Waals surface area contributed by atoms with Crippen LogP contribution >= 0.6 is 0 Å². The van der Waals surface area contributed by atoms with E-state index in [1.165, 1.54) is 0 Å². The number of aliphatic hydroxyl groups is 1. The van der Waals surface area contributed by atoms with Crippen molar-refractivity contribution < 1.29 is 24.5 Å². The molecule has 6 nitrogen and oxygen atoms in total. The number of hydrogen-bond donors (Lipinski definition) is 2. The van der Waals surface area contributed by atoms with Gasteiger partial charge in [-0.3, -0.25) is 4.79 Å². The molecule has 2 atom stereocenters. The van der Waals surface area contributed by atoms with Crippen molar-refractivity contribution in [3.8, 4) is 0 Å². The number of β-amino-alcohol motifs (C(OH)–C–C–N with tert-alkyl or cyclic N) is 1. The predicted octanol–water partition coefficient (Wildman–Crippen LogP) is 0.250. The summed E-state index contributed by atoms with van der Waals surface area (Å²) in [7, 11) is 0. The van der Waals surface area contributed by atoms with Crippen LogP contribution in [0.5, 0.6) is 0 Å². The van der Waals surface area contributed by atoms with Crippen molar-refractivity contribution in [2.24, 2.45) is 0 Å². The Hall–Kier alpha value is -1.92. The van der Waals surface area contributed by atoms with Gasteiger partial charge in [0.1, 0.15) is 12.6 Å². The SMILES string of the molecule is O=C(O)[C@@H]1CC(O)CN1C(=O)COCc1ccccc1. The molecule has 0 bridgehead atoms. The molecule has 1 saturated heterocycles. The molecule has 20 heavy (non-hydrogen) atoms. The lowest BCUT2D eigenvalue weighted by Crippen LogP contribution is -2.42. The molecule has 0 aliphatic carbocycles. The average molecular weight is 279 g/mol. The smallest absolute Gasteiger partial charge is 0.326 e. The number of likely N-dealkylation sites (tertiary alicyclic amines) is 1. The summed E-state index contributed by atoms with van der Waals surface area (Å²) >= 11 is 0. The quantitative estimate of drug-likeness (QED) is 0.806. The second-order valence-corrected chi connectivity index (χ2v) is 4.77. The highest BCUT2D eigenvalue weighted by Crippen LogP contribution is 2.18. The summed E-state index contributed by atoms with van der Waals surface area (Å²) in [6, 6.07) is 8.43. The van der Waals surface area contributed by atoms with E-state index in [0.29, 0.717) is 6.61 Å². The minimum Gasteiger partial charge on any atom is -0.480 e. The molecule has 1 fully saturated rings. The number of carboxylic acid groups (broad SMARTS) is 1. The fourth-order valence-corrected chi connectivity index (χ4v) is 2.24. The van der Waals surface area contributed by atoms with Gasteiger partial charge < -0.3 is 19.8 Å². The second kappa shape index (κ2) is 6.49. The van der Waals surface area contributed by atoms with Crippen molar-refractivity contribution in [2.45, 2.75) is 25.2 Å². The molecule has 1 heterocycles. The van der Waals surface area contributed by atoms with Gasteiger partial charge in [0.25, 0.3) is 0 Å². The average Bonchev–Trinajstić information content (AvgIpc) is 2.82. The van der Waals surface area contributed by atoms with Gasteiger partial charge in [0.05, 0.1) is 12.7 Å². The van der Waals surface area contributed by atoms with E-state index in [1.54, 1.807) is 0 Å². The molecule has 0 aromatic heterocycles. The van der Waals surface area contributed by atoms with E-state index in [4.69, 9.17) is 9.84 Å². The maximum absolute atomic E-state index is 11.9. The molecule has 1 unspecified atom stereocenters. The molecule has 0 saturated carbocycles. The molecule has 1 aliphatic heterocycles. The van der Waals surface area contributed by atoms with Gasteiger partial charge in [0, 0.05) is 13.0 Å². The Balaban J connectivity index is 1.84. The lowest BCUT2D eigenvalue weighted by Gasteiger charge is -2.20. The Labute approximate surface area is 116 Å². The van der Waals surface area contributed by atoms with Crippen LogP contribution in [0.1, 0.15) is 12.0 Å². The fraction of sp³-hybridized carbons (Fsp3) is 0.429. The van der Waals surface area contributed by atoms with Crippen molar-refractivity contribution >= 4 is 11.9 Å². The lowest BCUT2D eigenvalue weighted by molar-refractivity contribution is -0.150. The van der Waals surface area contributed by atoms with Crippen molar-refractivity contribution in [3.63, 3.8) is 0 Å². The summed E-state index contributed by atoms with van der Waals surface area (Å²) in [6.07, 6.45) is -0.714. The number of nitrogens with zero attached hydrogens (tertiary/aromatic N) is 1. The lowest BCUT2D eigenvalue weighted by atomic mass is 10.2. The molecule has 2 N–H and O–H groups in total. The van der Waals surface area contributed by atoms with Crippen LogP contribution < -0.4 is 0 Å². The molecule has 1 aromatic rings. The van der Waals surface area contributed by atoms with E-state index in [2.05, 4.69) is 0 Å². The van der Waals surface area contributed by atoms with Crippen molar-refractivity contribution in [1.29, 1.82) is 0 Å². The monoisotopic (exact) mass is 279 g/mol. The van der Waals surface area contributed by atoms with Gasteiger partial charge in [-0.1, -0.05) is 30.3 Å². The number of ether oxygens (including phenoxy) is 1. The first-order chi connectivity index (χ1) is 9.58. The van der Waals surface area contributed by atoms with Crippen LogP contribution in [-0.4, -0.2) is 52.3 Å². The fourth-order valence-electron chi connectivity index (χ4n) is 2.24. The van der Waals surface area contributed by atoms with Gasteiger partial charge in [-0.15, -0.1) is 0 Å². The molecule has 1 aromatic carbocycles. The second-order valence-electron chi connectivity index (χ2n) is 4.77. The topological polar surface area (TPSA) is 87.1 Å². The van der Waals surface area contributed by atoms with Crippen LogP contribution in [-0.2, 0) is 20.9 Å². The van der Waals surface area contributed by atoms with Crippen LogP contribution in [0.4, 0.5) is 0 Å². The largest absolute Gasteiger partial charge is 0.480 e. The Morgan fingerprint density at radius 1 is 1.30 bits per heavy atom. The zero-order valence-electron chi connectivity index (χ0n) is 10.9. The summed E-state index contributed by atoms with van der Waals surface area (Å²) in [5.74, 6) is -1.51. The number of aliphatic carboxylic acids is 1. The molecular formula is C14H17NO5. The number of carbonyl (C=O) groups is 2. The standard InChI is InChI=1S/C14H17NO5/c16-11-6-12(14(18)19)15(7-11)13(17)9-20-8-10-4-2-1-3-5-10/h1-5,11-12,16H,6-9H2,(H,18,19)/t11?,12-/m0/s1. The zero-order valence-corrected chi connectivity index (χ0v) is 10.9. The minimum atomic E-state index is -1.10. The maximum atomic E-state index is 11.9. The molecular weight excluding hydrogens is 262 g/mol. The molecule has 6 heteroatoms. The van der Waals surface area contributed by atoms with E-state index in [9.17, 15) is 14.7 Å². The summed E-state index contributed by atoms with van der Waals surface area (Å²) < 4.78 is 5.29. The van der Waals surface area contributed by atoms with Gasteiger partial charge in [-0.2, -0.15) is 0 Å². The first-order valence-corrected chi connectivity index (χ1v) is 6.40. The van der Waals surface area contributed by atoms with Crippen molar-refractivity contribution in [1.82, 2.24) is 4.90 Å². The highest BCUT2D eigenvalue weighted by atomic mass is 16.5. The van der Waals surface area contributed by atoms with Gasteiger partial charge in [-0.05, 0) is 5.56 Å². The summed E-state index contributed by atoms with van der Waals surface area (Å²) in [6.45, 7) is 0.149. The summed E-state index contributed by atoms with van der Waals surface area (Å²) in [4.78, 5) is 24.1. The molecule has 2 rings (SSSR count). The number of carboxylic acids is 1. The third-order valence-electron chi connectivity index (χ3n) is 3.22. The first-order valence-electron chi connectivity index (χ1n) is 6.40. The number of carbonyl (C=O) groups excluding carboxylic acids is 1. The number of rotatable bonds is 5. The van der Waals surface area contributed by atoms with E-state index in [-0.39, 0.29) is 19.6 Å². The van der Waals surface area contributed by atoms with Crippen LogP contribution in [0.25, 0.3) is 0 Å². The molecule has 108 valence electrons. The summed E-state index contributed by atoms with van der Waals surface area (Å²) in [5.41, 5.74) is 0.941.